The van der Waals surface area contributed by atoms with Gasteiger partial charge in [-0.25, -0.2) is 4.79 Å². The zero-order chi connectivity index (χ0) is 15.6. The number of hydrogen-bond acceptors (Lipinski definition) is 2. The number of carbonyl (C=O) groups is 1. The summed E-state index contributed by atoms with van der Waals surface area (Å²) in [5, 5.41) is 9.74. The van der Waals surface area contributed by atoms with Crippen molar-refractivity contribution in [3.63, 3.8) is 0 Å². The molecule has 0 aromatic rings. The van der Waals surface area contributed by atoms with E-state index < -0.39 is 5.97 Å². The largest absolute Gasteiger partial charge is 0.345 e. The van der Waals surface area contributed by atoms with Gasteiger partial charge in [-0.3, -0.25) is 4.89 Å². The lowest BCUT2D eigenvalue weighted by Crippen LogP contribution is -1.98. The van der Waals surface area contributed by atoms with Gasteiger partial charge in [0.15, 0.2) is 0 Å². The highest BCUT2D eigenvalue weighted by molar-refractivity contribution is 5.68. The average Bonchev–Trinajstić information content (AvgIpc) is 2.50. The van der Waals surface area contributed by atoms with Crippen molar-refractivity contribution in [2.24, 2.45) is 0 Å². The molecule has 119 valence electrons. The van der Waals surface area contributed by atoms with E-state index in [1.807, 2.05) is 0 Å². The minimum absolute atomic E-state index is 0.253. The second kappa shape index (κ2) is 16.7. The van der Waals surface area contributed by atoms with E-state index in [2.05, 4.69) is 48.3 Å². The van der Waals surface area contributed by atoms with Crippen LogP contribution in [0.2, 0.25) is 0 Å². The number of rotatable bonds is 13. The molecule has 3 nitrogen and oxygen atoms in total. The summed E-state index contributed by atoms with van der Waals surface area (Å²) in [6, 6.07) is 0. The van der Waals surface area contributed by atoms with E-state index in [1.165, 1.54) is 12.8 Å². The molecule has 0 saturated carbocycles. The molecule has 0 atom stereocenters. The Morgan fingerprint density at radius 1 is 0.810 bits per heavy atom. The first kappa shape index (κ1) is 19.7. The van der Waals surface area contributed by atoms with Crippen molar-refractivity contribution in [1.82, 2.24) is 0 Å². The molecule has 0 aliphatic carbocycles. The zero-order valence-corrected chi connectivity index (χ0v) is 13.3. The van der Waals surface area contributed by atoms with E-state index in [1.54, 1.807) is 0 Å². The van der Waals surface area contributed by atoms with Gasteiger partial charge in [0.1, 0.15) is 0 Å². The van der Waals surface area contributed by atoms with E-state index in [0.717, 1.165) is 44.9 Å². The van der Waals surface area contributed by atoms with Crippen LogP contribution in [0.4, 0.5) is 0 Å². The fraction of sp³-hybridized carbons (Fsp3) is 0.611. The number of carbonyl (C=O) groups excluding carboxylic acids is 1. The van der Waals surface area contributed by atoms with Gasteiger partial charge in [-0.05, 0) is 38.5 Å². The van der Waals surface area contributed by atoms with Crippen LogP contribution in [-0.2, 0) is 14.9 Å². The van der Waals surface area contributed by atoms with Gasteiger partial charge in [-0.15, -0.1) is 0 Å². The Morgan fingerprint density at radius 2 is 1.38 bits per heavy atom. The Kier molecular flexibility index (Phi) is 15.6. The number of unbranched alkanes of at least 4 members (excludes halogenated alkanes) is 5. The molecule has 0 heterocycles. The summed E-state index contributed by atoms with van der Waals surface area (Å²) < 4.78 is 0. The maximum absolute atomic E-state index is 10.6. The van der Waals surface area contributed by atoms with Crippen molar-refractivity contribution in [2.75, 3.05) is 0 Å². The standard InChI is InChI=1S/C18H29O3/c1-2-3-4-5-6-7-8-9-10-11-12-13-14-15-16-17-18(19)21-20/h3-4,6-7,9-10H,2,5,8,11-17H2,1H3/b4-3-,7-6-,10-9-. The fourth-order valence-electron chi connectivity index (χ4n) is 1.93. The van der Waals surface area contributed by atoms with Gasteiger partial charge < -0.3 is 0 Å². The molecular weight excluding hydrogens is 264 g/mol. The Bertz CT molecular complexity index is 316. The predicted molar refractivity (Wildman–Crippen MR) is 86.0 cm³/mol. The Morgan fingerprint density at radius 3 is 2.05 bits per heavy atom. The summed E-state index contributed by atoms with van der Waals surface area (Å²) in [5.74, 6) is -0.642. The van der Waals surface area contributed by atoms with Crippen LogP contribution in [0.15, 0.2) is 36.5 Å². The highest BCUT2D eigenvalue weighted by Crippen LogP contribution is 2.08. The quantitative estimate of drug-likeness (QED) is 0.196. The van der Waals surface area contributed by atoms with Gasteiger partial charge in [0.25, 0.3) is 0 Å². The van der Waals surface area contributed by atoms with Gasteiger partial charge in [-0.1, -0.05) is 62.6 Å². The number of hydrogen-bond donors (Lipinski definition) is 0. The molecule has 0 amide bonds. The summed E-state index contributed by atoms with van der Waals surface area (Å²) in [7, 11) is 0. The van der Waals surface area contributed by atoms with Gasteiger partial charge in [-0.2, -0.15) is 0 Å². The smallest absolute Gasteiger partial charge is 0.266 e. The second-order valence-corrected chi connectivity index (χ2v) is 5.06. The molecule has 0 bridgehead atoms. The molecule has 0 unspecified atom stereocenters. The molecule has 0 rings (SSSR count). The normalized spacial score (nSPS) is 11.9. The lowest BCUT2D eigenvalue weighted by molar-refractivity contribution is -0.278. The Labute approximate surface area is 129 Å². The van der Waals surface area contributed by atoms with Crippen LogP contribution >= 0.6 is 0 Å². The van der Waals surface area contributed by atoms with Gasteiger partial charge in [0.05, 0.1) is 0 Å². The van der Waals surface area contributed by atoms with Crippen molar-refractivity contribution in [3.8, 4) is 0 Å². The average molecular weight is 293 g/mol. The van der Waals surface area contributed by atoms with E-state index in [0.29, 0.717) is 0 Å². The minimum Gasteiger partial charge on any atom is -0.266 e. The van der Waals surface area contributed by atoms with Crippen molar-refractivity contribution in [3.05, 3.63) is 36.5 Å². The maximum atomic E-state index is 10.6. The van der Waals surface area contributed by atoms with Crippen LogP contribution in [0.5, 0.6) is 0 Å². The van der Waals surface area contributed by atoms with E-state index in [-0.39, 0.29) is 6.42 Å². The van der Waals surface area contributed by atoms with E-state index >= 15 is 0 Å². The third-order valence-corrected chi connectivity index (χ3v) is 3.12. The highest BCUT2D eigenvalue weighted by atomic mass is 17.1. The van der Waals surface area contributed by atoms with E-state index in [4.69, 9.17) is 0 Å². The van der Waals surface area contributed by atoms with Crippen LogP contribution in [0.1, 0.15) is 71.1 Å². The molecule has 0 aromatic carbocycles. The first-order valence-electron chi connectivity index (χ1n) is 8.09. The molecule has 0 spiro atoms. The van der Waals surface area contributed by atoms with Crippen LogP contribution in [-0.4, -0.2) is 5.97 Å². The molecule has 0 fully saturated rings. The second-order valence-electron chi connectivity index (χ2n) is 5.06. The maximum Gasteiger partial charge on any atom is 0.345 e. The first-order valence-corrected chi connectivity index (χ1v) is 8.09. The summed E-state index contributed by atoms with van der Waals surface area (Å²) in [4.78, 5) is 14.0. The predicted octanol–water partition coefficient (Wildman–Crippen LogP) is 5.46. The molecule has 0 aliphatic rings. The van der Waals surface area contributed by atoms with Crippen LogP contribution in [0, 0.1) is 0 Å². The Balaban J connectivity index is 3.25. The molecule has 3 heteroatoms. The lowest BCUT2D eigenvalue weighted by Gasteiger charge is -1.98. The third-order valence-electron chi connectivity index (χ3n) is 3.12. The molecule has 0 aliphatic heterocycles. The third kappa shape index (κ3) is 16.6. The molecule has 0 aromatic heterocycles. The highest BCUT2D eigenvalue weighted by Gasteiger charge is 2.01. The molecule has 1 radical (unpaired) electrons. The van der Waals surface area contributed by atoms with Crippen molar-refractivity contribution < 1.29 is 14.9 Å². The summed E-state index contributed by atoms with van der Waals surface area (Å²) in [5.41, 5.74) is 0. The van der Waals surface area contributed by atoms with E-state index in [9.17, 15) is 10.1 Å². The summed E-state index contributed by atoms with van der Waals surface area (Å²) in [6.45, 7) is 2.14. The molecule has 21 heavy (non-hydrogen) atoms. The Hall–Kier alpha value is -1.35. The summed E-state index contributed by atoms with van der Waals surface area (Å²) in [6.07, 6.45) is 23.0. The molecular formula is C18H29O3. The van der Waals surface area contributed by atoms with Gasteiger partial charge in [0.2, 0.25) is 0 Å². The fourth-order valence-corrected chi connectivity index (χ4v) is 1.93. The van der Waals surface area contributed by atoms with Gasteiger partial charge in [0, 0.05) is 11.7 Å². The molecule has 0 N–H and O–H groups in total. The SMILES string of the molecule is CC/C=C\C/C=C\C/C=C\CCCCCCCC(=O)O[O]. The lowest BCUT2D eigenvalue weighted by atomic mass is 10.1. The summed E-state index contributed by atoms with van der Waals surface area (Å²) >= 11 is 0. The topological polar surface area (TPSA) is 46.2 Å². The van der Waals surface area contributed by atoms with Crippen LogP contribution < -0.4 is 0 Å². The van der Waals surface area contributed by atoms with Crippen molar-refractivity contribution in [2.45, 2.75) is 71.1 Å². The van der Waals surface area contributed by atoms with Crippen LogP contribution in [0.3, 0.4) is 0 Å². The van der Waals surface area contributed by atoms with Crippen molar-refractivity contribution in [1.29, 1.82) is 0 Å². The van der Waals surface area contributed by atoms with Gasteiger partial charge >= 0.3 is 5.97 Å². The molecule has 0 saturated heterocycles. The minimum atomic E-state index is -0.642. The van der Waals surface area contributed by atoms with Crippen LogP contribution in [0.25, 0.3) is 0 Å². The first-order chi connectivity index (χ1) is 10.3. The van der Waals surface area contributed by atoms with Crippen molar-refractivity contribution >= 4 is 5.97 Å². The zero-order valence-electron chi connectivity index (χ0n) is 13.3. The monoisotopic (exact) mass is 293 g/mol. The number of allylic oxidation sites excluding steroid dienone is 6.